The van der Waals surface area contributed by atoms with Crippen molar-refractivity contribution in [3.63, 3.8) is 0 Å². The molecule has 1 amide bonds. The SMILES string of the molecule is C=NN/C(=C\CC1CC1)NC(=O)C(C)c1cnn(-c2cc(OC)ccn2)c1. The van der Waals surface area contributed by atoms with Crippen LogP contribution < -0.4 is 15.5 Å². The van der Waals surface area contributed by atoms with Crippen molar-refractivity contribution >= 4 is 12.6 Å². The number of nitrogens with zero attached hydrogens (tertiary/aromatic N) is 4. The summed E-state index contributed by atoms with van der Waals surface area (Å²) in [5.41, 5.74) is 3.53. The second kappa shape index (κ2) is 8.48. The van der Waals surface area contributed by atoms with Crippen LogP contribution in [0.3, 0.4) is 0 Å². The highest BCUT2D eigenvalue weighted by molar-refractivity contribution is 5.84. The molecule has 8 nitrogen and oxygen atoms in total. The lowest BCUT2D eigenvalue weighted by atomic mass is 10.0. The molecule has 1 saturated carbocycles. The van der Waals surface area contributed by atoms with Crippen LogP contribution in [0.15, 0.2) is 47.7 Å². The molecule has 0 aromatic carbocycles. The van der Waals surface area contributed by atoms with Gasteiger partial charge >= 0.3 is 0 Å². The summed E-state index contributed by atoms with van der Waals surface area (Å²) in [7, 11) is 1.60. The Morgan fingerprint density at radius 1 is 1.56 bits per heavy atom. The molecule has 1 aliphatic rings. The lowest BCUT2D eigenvalue weighted by Crippen LogP contribution is -2.32. The number of nitrogens with one attached hydrogen (secondary N) is 2. The molecule has 8 heteroatoms. The van der Waals surface area contributed by atoms with E-state index in [0.29, 0.717) is 17.4 Å². The first kappa shape index (κ1) is 18.6. The molecular formula is C19H24N6O2. The third-order valence-corrected chi connectivity index (χ3v) is 4.49. The smallest absolute Gasteiger partial charge is 0.232 e. The third-order valence-electron chi connectivity index (χ3n) is 4.49. The highest BCUT2D eigenvalue weighted by Gasteiger charge is 2.21. The van der Waals surface area contributed by atoms with Crippen LogP contribution in [0, 0.1) is 5.92 Å². The highest BCUT2D eigenvalue weighted by atomic mass is 16.5. The van der Waals surface area contributed by atoms with Crippen molar-refractivity contribution in [3.05, 3.63) is 48.2 Å². The Balaban J connectivity index is 1.68. The second-order valence-corrected chi connectivity index (χ2v) is 6.55. The zero-order valence-electron chi connectivity index (χ0n) is 15.6. The zero-order chi connectivity index (χ0) is 19.2. The topological polar surface area (TPSA) is 93.4 Å². The Morgan fingerprint density at radius 2 is 2.37 bits per heavy atom. The molecule has 2 N–H and O–H groups in total. The van der Waals surface area contributed by atoms with Gasteiger partial charge in [-0.3, -0.25) is 10.2 Å². The van der Waals surface area contributed by atoms with Gasteiger partial charge in [-0.05, 0) is 44.2 Å². The van der Waals surface area contributed by atoms with Crippen LogP contribution in [0.1, 0.15) is 37.7 Å². The number of rotatable bonds is 9. The van der Waals surface area contributed by atoms with Crippen molar-refractivity contribution in [2.45, 2.75) is 32.1 Å². The predicted molar refractivity (Wildman–Crippen MR) is 103 cm³/mol. The van der Waals surface area contributed by atoms with Gasteiger partial charge in [-0.25, -0.2) is 9.67 Å². The van der Waals surface area contributed by atoms with Crippen LogP contribution >= 0.6 is 0 Å². The first-order chi connectivity index (χ1) is 13.1. The van der Waals surface area contributed by atoms with Crippen LogP contribution in [-0.2, 0) is 4.79 Å². The number of pyridine rings is 1. The van der Waals surface area contributed by atoms with E-state index in [0.717, 1.165) is 17.9 Å². The molecular weight excluding hydrogens is 344 g/mol. The van der Waals surface area contributed by atoms with Gasteiger partial charge in [-0.2, -0.15) is 10.2 Å². The molecule has 2 aromatic rings. The van der Waals surface area contributed by atoms with Crippen molar-refractivity contribution in [2.24, 2.45) is 11.0 Å². The van der Waals surface area contributed by atoms with Gasteiger partial charge < -0.3 is 10.1 Å². The fraction of sp³-hybridized carbons (Fsp3) is 0.368. The number of allylic oxidation sites excluding steroid dienone is 1. The molecule has 27 heavy (non-hydrogen) atoms. The summed E-state index contributed by atoms with van der Waals surface area (Å²) in [5, 5.41) is 10.8. The van der Waals surface area contributed by atoms with Crippen molar-refractivity contribution in [1.29, 1.82) is 0 Å². The van der Waals surface area contributed by atoms with Gasteiger partial charge in [-0.1, -0.05) is 0 Å². The fourth-order valence-electron chi connectivity index (χ4n) is 2.58. The third kappa shape index (κ3) is 4.93. The highest BCUT2D eigenvalue weighted by Crippen LogP contribution is 2.32. The van der Waals surface area contributed by atoms with E-state index in [9.17, 15) is 4.79 Å². The fourth-order valence-corrected chi connectivity index (χ4v) is 2.58. The van der Waals surface area contributed by atoms with E-state index in [1.54, 1.807) is 42.5 Å². The minimum absolute atomic E-state index is 0.147. The molecule has 1 atom stereocenters. The molecule has 2 heterocycles. The van der Waals surface area contributed by atoms with Crippen LogP contribution in [-0.4, -0.2) is 34.5 Å². The average Bonchev–Trinajstić information content (AvgIpc) is 3.39. The van der Waals surface area contributed by atoms with Crippen LogP contribution in [0.5, 0.6) is 5.75 Å². The van der Waals surface area contributed by atoms with Crippen molar-refractivity contribution in [3.8, 4) is 11.6 Å². The normalized spacial score (nSPS) is 15.1. The quantitative estimate of drug-likeness (QED) is 0.523. The van der Waals surface area contributed by atoms with E-state index in [4.69, 9.17) is 4.74 Å². The number of carbonyl (C=O) groups is 1. The molecule has 0 aliphatic heterocycles. The first-order valence-electron chi connectivity index (χ1n) is 8.88. The van der Waals surface area contributed by atoms with Gasteiger partial charge in [-0.15, -0.1) is 0 Å². The Kier molecular flexibility index (Phi) is 5.85. The number of methoxy groups -OCH3 is 1. The van der Waals surface area contributed by atoms with Gasteiger partial charge in [0.2, 0.25) is 5.91 Å². The molecule has 0 radical (unpaired) electrons. The number of carbonyl (C=O) groups excluding carboxylic acids is 1. The summed E-state index contributed by atoms with van der Waals surface area (Å²) in [6.07, 6.45) is 10.5. The van der Waals surface area contributed by atoms with Crippen LogP contribution in [0.4, 0.5) is 0 Å². The molecule has 0 saturated heterocycles. The number of ether oxygens (including phenoxy) is 1. The number of hydrogen-bond donors (Lipinski definition) is 2. The van der Waals surface area contributed by atoms with Gasteiger partial charge in [0, 0.05) is 30.7 Å². The van der Waals surface area contributed by atoms with E-state index in [-0.39, 0.29) is 11.8 Å². The average molecular weight is 368 g/mol. The van der Waals surface area contributed by atoms with Crippen LogP contribution in [0.25, 0.3) is 5.82 Å². The summed E-state index contributed by atoms with van der Waals surface area (Å²) in [6, 6.07) is 3.54. The lowest BCUT2D eigenvalue weighted by Gasteiger charge is -2.13. The zero-order valence-corrected chi connectivity index (χ0v) is 15.6. The molecule has 1 aliphatic carbocycles. The number of hydrogen-bond acceptors (Lipinski definition) is 6. The minimum Gasteiger partial charge on any atom is -0.497 e. The minimum atomic E-state index is -0.389. The lowest BCUT2D eigenvalue weighted by molar-refractivity contribution is -0.121. The van der Waals surface area contributed by atoms with E-state index >= 15 is 0 Å². The molecule has 2 aromatic heterocycles. The second-order valence-electron chi connectivity index (χ2n) is 6.55. The van der Waals surface area contributed by atoms with Crippen molar-refractivity contribution in [2.75, 3.05) is 7.11 Å². The molecule has 0 bridgehead atoms. The molecule has 142 valence electrons. The Hall–Kier alpha value is -3.16. The van der Waals surface area contributed by atoms with Gasteiger partial charge in [0.25, 0.3) is 0 Å². The van der Waals surface area contributed by atoms with Crippen molar-refractivity contribution < 1.29 is 9.53 Å². The maximum absolute atomic E-state index is 12.6. The summed E-state index contributed by atoms with van der Waals surface area (Å²) in [6.45, 7) is 5.25. The van der Waals surface area contributed by atoms with E-state index in [1.165, 1.54) is 12.8 Å². The van der Waals surface area contributed by atoms with Gasteiger partial charge in [0.05, 0.1) is 19.2 Å². The Labute approximate surface area is 158 Å². The number of aromatic nitrogens is 3. The molecule has 1 unspecified atom stereocenters. The summed E-state index contributed by atoms with van der Waals surface area (Å²) >= 11 is 0. The van der Waals surface area contributed by atoms with E-state index in [2.05, 4.69) is 32.6 Å². The predicted octanol–water partition coefficient (Wildman–Crippen LogP) is 2.34. The molecule has 3 rings (SSSR count). The first-order valence-corrected chi connectivity index (χ1v) is 8.88. The summed E-state index contributed by atoms with van der Waals surface area (Å²) in [5.74, 6) is 2.06. The standard InChI is InChI=1S/C19H24N6O2/c1-13(19(26)23-17(24-20-2)7-6-14-4-5-14)15-11-22-25(12-15)18-10-16(27-3)8-9-21-18/h7-14,24H,2,4-6H2,1,3H3,(H,23,26)/b17-7-. The molecule has 0 spiro atoms. The van der Waals surface area contributed by atoms with Gasteiger partial charge in [0.1, 0.15) is 11.6 Å². The Morgan fingerprint density at radius 3 is 3.07 bits per heavy atom. The molecule has 1 fully saturated rings. The number of hydrazone groups is 1. The van der Waals surface area contributed by atoms with Crippen LogP contribution in [0.2, 0.25) is 0 Å². The Bertz CT molecular complexity index is 840. The largest absolute Gasteiger partial charge is 0.497 e. The van der Waals surface area contributed by atoms with Crippen molar-refractivity contribution in [1.82, 2.24) is 25.5 Å². The summed E-state index contributed by atoms with van der Waals surface area (Å²) < 4.78 is 6.83. The van der Waals surface area contributed by atoms with E-state index < -0.39 is 0 Å². The number of amides is 1. The maximum Gasteiger partial charge on any atom is 0.232 e. The monoisotopic (exact) mass is 368 g/mol. The van der Waals surface area contributed by atoms with Gasteiger partial charge in [0.15, 0.2) is 5.82 Å². The van der Waals surface area contributed by atoms with E-state index in [1.807, 2.05) is 13.0 Å². The maximum atomic E-state index is 12.6. The summed E-state index contributed by atoms with van der Waals surface area (Å²) in [4.78, 5) is 16.9.